The maximum absolute atomic E-state index is 5.95. The van der Waals surface area contributed by atoms with Gasteiger partial charge in [0.05, 0.1) is 30.9 Å². The maximum atomic E-state index is 5.95. The lowest BCUT2D eigenvalue weighted by molar-refractivity contribution is -0.906. The van der Waals surface area contributed by atoms with E-state index in [-0.39, 0.29) is 0 Å². The minimum absolute atomic E-state index is 0.694. The summed E-state index contributed by atoms with van der Waals surface area (Å²) in [5, 5.41) is 6.69. The van der Waals surface area contributed by atoms with Crippen molar-refractivity contribution in [2.75, 3.05) is 33.3 Å². The third-order valence-corrected chi connectivity index (χ3v) is 4.16. The summed E-state index contributed by atoms with van der Waals surface area (Å²) in [6, 6.07) is 8.21. The van der Waals surface area contributed by atoms with Gasteiger partial charge < -0.3 is 9.22 Å². The Kier molecular flexibility index (Phi) is 4.55. The van der Waals surface area contributed by atoms with Gasteiger partial charge in [-0.2, -0.15) is 0 Å². The molecule has 0 bridgehead atoms. The van der Waals surface area contributed by atoms with Crippen LogP contribution in [0.25, 0.3) is 10.8 Å². The lowest BCUT2D eigenvalue weighted by atomic mass is 10.2. The Morgan fingerprint density at radius 1 is 1.20 bits per heavy atom. The van der Waals surface area contributed by atoms with Gasteiger partial charge >= 0.3 is 0 Å². The monoisotopic (exact) mass is 275 g/mol. The molecule has 0 N–H and O–H groups in total. The van der Waals surface area contributed by atoms with E-state index in [0.29, 0.717) is 6.61 Å². The van der Waals surface area contributed by atoms with Gasteiger partial charge in [0.25, 0.3) is 5.88 Å². The van der Waals surface area contributed by atoms with E-state index in [1.165, 1.54) is 0 Å². The van der Waals surface area contributed by atoms with Gasteiger partial charge in [-0.1, -0.05) is 16.8 Å². The SMILES string of the molecule is CC[N+](C)(CC)CCOc1n[n+](C)cc2ccccc12. The number of aromatic nitrogens is 2. The number of quaternary nitrogens is 1. The van der Waals surface area contributed by atoms with Crippen LogP contribution in [0.4, 0.5) is 0 Å². The molecule has 2 rings (SSSR count). The molecular formula is C16H25N3O+2. The fourth-order valence-corrected chi connectivity index (χ4v) is 2.24. The summed E-state index contributed by atoms with van der Waals surface area (Å²) in [6.45, 7) is 8.38. The van der Waals surface area contributed by atoms with Crippen molar-refractivity contribution >= 4 is 10.8 Å². The molecule has 0 aliphatic heterocycles. The van der Waals surface area contributed by atoms with E-state index in [0.717, 1.165) is 40.8 Å². The molecule has 0 fully saturated rings. The fraction of sp³-hybridized carbons (Fsp3) is 0.500. The zero-order chi connectivity index (χ0) is 14.6. The largest absolute Gasteiger partial charge is 0.467 e. The van der Waals surface area contributed by atoms with Crippen molar-refractivity contribution in [1.29, 1.82) is 0 Å². The second kappa shape index (κ2) is 6.18. The molecule has 4 heteroatoms. The van der Waals surface area contributed by atoms with Gasteiger partial charge in [-0.25, -0.2) is 0 Å². The predicted molar refractivity (Wildman–Crippen MR) is 80.5 cm³/mol. The number of aryl methyl sites for hydroxylation is 1. The van der Waals surface area contributed by atoms with Crippen LogP contribution in [0.15, 0.2) is 30.5 Å². The Morgan fingerprint density at radius 3 is 2.60 bits per heavy atom. The molecule has 1 heterocycles. The van der Waals surface area contributed by atoms with Crippen LogP contribution >= 0.6 is 0 Å². The lowest BCUT2D eigenvalue weighted by Gasteiger charge is -2.31. The molecule has 0 amide bonds. The smallest absolute Gasteiger partial charge is 0.287 e. The van der Waals surface area contributed by atoms with Crippen LogP contribution in [-0.4, -0.2) is 42.9 Å². The first kappa shape index (κ1) is 14.7. The highest BCUT2D eigenvalue weighted by atomic mass is 16.5. The molecule has 0 aliphatic carbocycles. The average Bonchev–Trinajstić information content (AvgIpc) is 2.46. The van der Waals surface area contributed by atoms with Crippen molar-refractivity contribution in [1.82, 2.24) is 5.10 Å². The first-order chi connectivity index (χ1) is 9.58. The molecule has 0 spiro atoms. The van der Waals surface area contributed by atoms with Crippen LogP contribution in [0, 0.1) is 0 Å². The molecular weight excluding hydrogens is 250 g/mol. The molecule has 20 heavy (non-hydrogen) atoms. The average molecular weight is 275 g/mol. The number of ether oxygens (including phenoxy) is 1. The normalized spacial score (nSPS) is 11.8. The van der Waals surface area contributed by atoms with E-state index in [9.17, 15) is 0 Å². The Morgan fingerprint density at radius 2 is 1.90 bits per heavy atom. The first-order valence-corrected chi connectivity index (χ1v) is 7.30. The number of nitrogens with zero attached hydrogens (tertiary/aromatic N) is 3. The zero-order valence-electron chi connectivity index (χ0n) is 13.0. The van der Waals surface area contributed by atoms with Crippen molar-refractivity contribution in [3.05, 3.63) is 30.5 Å². The summed E-state index contributed by atoms with van der Waals surface area (Å²) in [5.41, 5.74) is 0. The van der Waals surface area contributed by atoms with Crippen LogP contribution in [-0.2, 0) is 7.05 Å². The summed E-state index contributed by atoms with van der Waals surface area (Å²) >= 11 is 0. The molecule has 0 saturated carbocycles. The molecule has 0 radical (unpaired) electrons. The van der Waals surface area contributed by atoms with Gasteiger partial charge in [-0.05, 0) is 26.0 Å². The summed E-state index contributed by atoms with van der Waals surface area (Å²) in [6.07, 6.45) is 2.01. The van der Waals surface area contributed by atoms with Gasteiger partial charge in [0, 0.05) is 5.10 Å². The number of fused-ring (bicyclic) bond motifs is 1. The van der Waals surface area contributed by atoms with E-state index >= 15 is 0 Å². The third kappa shape index (κ3) is 3.25. The zero-order valence-corrected chi connectivity index (χ0v) is 13.0. The Hall–Kier alpha value is -1.68. The highest BCUT2D eigenvalue weighted by Gasteiger charge is 2.17. The molecule has 4 nitrogen and oxygen atoms in total. The summed E-state index contributed by atoms with van der Waals surface area (Å²) in [7, 11) is 4.19. The van der Waals surface area contributed by atoms with E-state index < -0.39 is 0 Å². The van der Waals surface area contributed by atoms with Gasteiger partial charge in [-0.3, -0.25) is 0 Å². The second-order valence-electron chi connectivity index (χ2n) is 5.52. The Labute approximate surface area is 121 Å². The number of benzene rings is 1. The van der Waals surface area contributed by atoms with Crippen molar-refractivity contribution in [2.45, 2.75) is 13.8 Å². The van der Waals surface area contributed by atoms with E-state index in [1.807, 2.05) is 30.1 Å². The van der Waals surface area contributed by atoms with Gasteiger partial charge in [0.15, 0.2) is 7.05 Å². The van der Waals surface area contributed by atoms with Crippen LogP contribution < -0.4 is 9.42 Å². The van der Waals surface area contributed by atoms with Gasteiger partial charge in [0.1, 0.15) is 13.2 Å². The van der Waals surface area contributed by atoms with Crippen LogP contribution in [0.2, 0.25) is 0 Å². The molecule has 0 atom stereocenters. The number of rotatable bonds is 6. The summed E-state index contributed by atoms with van der Waals surface area (Å²) in [5.74, 6) is 0.726. The Balaban J connectivity index is 2.14. The minimum Gasteiger partial charge on any atom is -0.467 e. The van der Waals surface area contributed by atoms with Crippen molar-refractivity contribution in [3.8, 4) is 5.88 Å². The van der Waals surface area contributed by atoms with Crippen molar-refractivity contribution < 1.29 is 13.9 Å². The highest BCUT2D eigenvalue weighted by molar-refractivity contribution is 5.85. The van der Waals surface area contributed by atoms with E-state index in [1.54, 1.807) is 0 Å². The third-order valence-electron chi connectivity index (χ3n) is 4.16. The molecule has 2 aromatic rings. The quantitative estimate of drug-likeness (QED) is 0.595. The second-order valence-corrected chi connectivity index (χ2v) is 5.52. The van der Waals surface area contributed by atoms with Crippen molar-refractivity contribution in [3.63, 3.8) is 0 Å². The standard InChI is InChI=1S/C16H25N3O/c1-5-19(4,6-2)11-12-20-16-15-10-8-7-9-14(15)13-18(3)17-16/h7-10,13H,5-6,11-12H2,1-4H3/q+2. The molecule has 0 aliphatic rings. The minimum atomic E-state index is 0.694. The maximum Gasteiger partial charge on any atom is 0.287 e. The topological polar surface area (TPSA) is 26.0 Å². The number of hydrogen-bond acceptors (Lipinski definition) is 2. The van der Waals surface area contributed by atoms with Gasteiger partial charge in [-0.15, -0.1) is 0 Å². The van der Waals surface area contributed by atoms with Crippen LogP contribution in [0.5, 0.6) is 5.88 Å². The fourth-order valence-electron chi connectivity index (χ4n) is 2.24. The lowest BCUT2D eigenvalue weighted by Crippen LogP contribution is -2.46. The van der Waals surface area contributed by atoms with Crippen molar-refractivity contribution in [2.24, 2.45) is 7.05 Å². The molecule has 1 aromatic heterocycles. The molecule has 1 aromatic carbocycles. The number of hydrogen-bond donors (Lipinski definition) is 0. The Bertz CT molecular complexity index is 579. The first-order valence-electron chi connectivity index (χ1n) is 7.30. The molecule has 0 saturated heterocycles. The van der Waals surface area contributed by atoms with E-state index in [2.05, 4.69) is 38.1 Å². The van der Waals surface area contributed by atoms with Gasteiger partial charge in [0.2, 0.25) is 6.20 Å². The predicted octanol–water partition coefficient (Wildman–Crippen LogP) is 1.92. The summed E-state index contributed by atoms with van der Waals surface area (Å²) in [4.78, 5) is 0. The molecule has 108 valence electrons. The molecule has 0 unspecified atom stereocenters. The summed E-state index contributed by atoms with van der Waals surface area (Å²) < 4.78 is 8.79. The highest BCUT2D eigenvalue weighted by Crippen LogP contribution is 2.20. The number of likely N-dealkylation sites (N-methyl/N-ethyl adjacent to an activating group) is 1. The van der Waals surface area contributed by atoms with Crippen LogP contribution in [0.3, 0.4) is 0 Å². The van der Waals surface area contributed by atoms with E-state index in [4.69, 9.17) is 4.74 Å². The van der Waals surface area contributed by atoms with Crippen LogP contribution in [0.1, 0.15) is 13.8 Å².